The number of benzene rings is 3. The molecule has 1 heterocycles. The molecule has 4 rings (SSSR count). The van der Waals surface area contributed by atoms with Crippen LogP contribution in [0.2, 0.25) is 5.02 Å². The van der Waals surface area contributed by atoms with Gasteiger partial charge in [0.15, 0.2) is 6.04 Å². The highest BCUT2D eigenvalue weighted by Crippen LogP contribution is 2.40. The van der Waals surface area contributed by atoms with Gasteiger partial charge >= 0.3 is 12.1 Å². The summed E-state index contributed by atoms with van der Waals surface area (Å²) in [5, 5.41) is 13.0. The first-order valence-corrected chi connectivity index (χ1v) is 11.6. The number of carboxylic acid groups (broad SMARTS) is 1. The molecule has 2 amide bonds. The summed E-state index contributed by atoms with van der Waals surface area (Å²) in [5.74, 6) is -4.98. The maximum Gasteiger partial charge on any atom is 0.416 e. The number of halogens is 6. The molecule has 0 bridgehead atoms. The van der Waals surface area contributed by atoms with Gasteiger partial charge in [0.25, 0.3) is 11.8 Å². The lowest BCUT2D eigenvalue weighted by atomic mass is 9.96. The number of nitrogens with zero attached hydrogens (tertiary/aromatic N) is 1. The van der Waals surface area contributed by atoms with Crippen molar-refractivity contribution in [3.05, 3.63) is 97.3 Å². The minimum Gasteiger partial charge on any atom is -0.479 e. The van der Waals surface area contributed by atoms with Gasteiger partial charge in [-0.15, -0.1) is 0 Å². The van der Waals surface area contributed by atoms with Crippen molar-refractivity contribution in [1.29, 1.82) is 0 Å². The van der Waals surface area contributed by atoms with Crippen LogP contribution in [-0.4, -0.2) is 27.8 Å². The lowest BCUT2D eigenvalue weighted by molar-refractivity contribution is -0.144. The van der Waals surface area contributed by atoms with E-state index in [4.69, 9.17) is 11.6 Å². The summed E-state index contributed by atoms with van der Waals surface area (Å²) in [7, 11) is 0. The highest BCUT2D eigenvalue weighted by molar-refractivity contribution is 14.1. The van der Waals surface area contributed by atoms with E-state index in [0.29, 0.717) is 25.6 Å². The van der Waals surface area contributed by atoms with Crippen molar-refractivity contribution in [1.82, 2.24) is 4.90 Å². The molecule has 0 saturated heterocycles. The summed E-state index contributed by atoms with van der Waals surface area (Å²) in [6.45, 7) is 0. The third kappa shape index (κ3) is 4.89. The fourth-order valence-electron chi connectivity index (χ4n) is 3.94. The van der Waals surface area contributed by atoms with Crippen molar-refractivity contribution in [2.24, 2.45) is 0 Å². The Kier molecular flexibility index (Phi) is 6.97. The van der Waals surface area contributed by atoms with Crippen molar-refractivity contribution >= 4 is 57.7 Å². The first-order valence-electron chi connectivity index (χ1n) is 10.2. The van der Waals surface area contributed by atoms with Gasteiger partial charge in [0, 0.05) is 14.2 Å². The molecule has 0 aromatic heterocycles. The Labute approximate surface area is 220 Å². The van der Waals surface area contributed by atoms with Crippen LogP contribution in [0.25, 0.3) is 0 Å². The molecule has 2 N–H and O–H groups in total. The first-order chi connectivity index (χ1) is 16.9. The van der Waals surface area contributed by atoms with E-state index in [-0.39, 0.29) is 22.9 Å². The van der Waals surface area contributed by atoms with Crippen LogP contribution in [0.4, 0.5) is 23.2 Å². The Morgan fingerprint density at radius 3 is 2.31 bits per heavy atom. The van der Waals surface area contributed by atoms with E-state index in [1.807, 2.05) is 22.6 Å². The lowest BCUT2D eigenvalue weighted by Gasteiger charge is -2.34. The molecular formula is C24H14ClF4IN2O4. The topological polar surface area (TPSA) is 86.7 Å². The Bertz CT molecular complexity index is 1380. The molecule has 1 aliphatic heterocycles. The smallest absolute Gasteiger partial charge is 0.416 e. The summed E-state index contributed by atoms with van der Waals surface area (Å²) < 4.78 is 54.8. The predicted octanol–water partition coefficient (Wildman–Crippen LogP) is 6.06. The van der Waals surface area contributed by atoms with Gasteiger partial charge in [0.05, 0.1) is 16.8 Å². The number of amides is 2. The fraction of sp³-hybridized carbons (Fsp3) is 0.125. The zero-order chi connectivity index (χ0) is 26.4. The predicted molar refractivity (Wildman–Crippen MR) is 130 cm³/mol. The monoisotopic (exact) mass is 632 g/mol. The summed E-state index contributed by atoms with van der Waals surface area (Å²) in [6.07, 6.45) is -4.88. The maximum absolute atomic E-state index is 15.0. The van der Waals surface area contributed by atoms with Crippen LogP contribution in [0.1, 0.15) is 39.1 Å². The molecule has 6 nitrogen and oxygen atoms in total. The van der Waals surface area contributed by atoms with Gasteiger partial charge in [-0.1, -0.05) is 29.8 Å². The van der Waals surface area contributed by atoms with E-state index in [0.717, 1.165) is 0 Å². The zero-order valence-corrected chi connectivity index (χ0v) is 20.7. The van der Waals surface area contributed by atoms with Crippen molar-refractivity contribution < 1.29 is 37.1 Å². The third-order valence-electron chi connectivity index (χ3n) is 5.55. The van der Waals surface area contributed by atoms with Crippen molar-refractivity contribution in [3.8, 4) is 0 Å². The molecule has 0 fully saturated rings. The van der Waals surface area contributed by atoms with E-state index in [1.165, 1.54) is 36.4 Å². The number of rotatable bonds is 4. The van der Waals surface area contributed by atoms with Crippen LogP contribution < -0.4 is 5.32 Å². The van der Waals surface area contributed by atoms with Gasteiger partial charge in [-0.05, 0) is 70.6 Å². The summed E-state index contributed by atoms with van der Waals surface area (Å²) in [4.78, 5) is 40.3. The number of carbonyl (C=O) groups is 3. The molecule has 0 radical (unpaired) electrons. The number of hydrogen-bond donors (Lipinski definition) is 2. The number of nitrogens with one attached hydrogen (secondary N) is 1. The third-order valence-corrected chi connectivity index (χ3v) is 6.47. The van der Waals surface area contributed by atoms with Crippen LogP contribution in [0.3, 0.4) is 0 Å². The van der Waals surface area contributed by atoms with Gasteiger partial charge in [0.1, 0.15) is 11.9 Å². The van der Waals surface area contributed by atoms with E-state index < -0.39 is 53.0 Å². The van der Waals surface area contributed by atoms with Crippen LogP contribution in [-0.2, 0) is 15.8 Å². The standard InChI is InChI=1S/C24H14ClF4IN2O4/c25-13-4-1-11(2-5-13)19-21(33)31-18-8-6-14(30)10-16(18)22(34)32(19)20(23(35)36)15-7-3-12(9-17(15)26)24(27,28)29/h1-10,19-20H,(H,31,33)(H,35,36). The van der Waals surface area contributed by atoms with Crippen molar-refractivity contribution in [2.45, 2.75) is 18.3 Å². The molecule has 0 saturated carbocycles. The molecule has 12 heteroatoms. The van der Waals surface area contributed by atoms with Crippen LogP contribution in [0, 0.1) is 9.39 Å². The second-order valence-electron chi connectivity index (χ2n) is 7.82. The van der Waals surface area contributed by atoms with Gasteiger partial charge in [-0.2, -0.15) is 13.2 Å². The summed E-state index contributed by atoms with van der Waals surface area (Å²) in [5.41, 5.74) is -1.85. The summed E-state index contributed by atoms with van der Waals surface area (Å²) >= 11 is 7.86. The molecule has 2 atom stereocenters. The number of aliphatic carboxylic acids is 1. The van der Waals surface area contributed by atoms with E-state index >= 15 is 0 Å². The van der Waals surface area contributed by atoms with Gasteiger partial charge in [-0.3, -0.25) is 9.59 Å². The Balaban J connectivity index is 1.96. The van der Waals surface area contributed by atoms with E-state index in [1.54, 1.807) is 6.07 Å². The number of anilines is 1. The molecule has 36 heavy (non-hydrogen) atoms. The Morgan fingerprint density at radius 2 is 1.72 bits per heavy atom. The molecule has 1 aliphatic rings. The SMILES string of the molecule is O=C1Nc2ccc(I)cc2C(=O)N(C(C(=O)O)c2ccc(C(F)(F)F)cc2F)C1c1ccc(Cl)cc1. The number of alkyl halides is 3. The highest BCUT2D eigenvalue weighted by Gasteiger charge is 2.45. The van der Waals surface area contributed by atoms with Gasteiger partial charge in [0.2, 0.25) is 0 Å². The fourth-order valence-corrected chi connectivity index (χ4v) is 4.55. The number of hydrogen-bond acceptors (Lipinski definition) is 3. The minimum atomic E-state index is -4.88. The second-order valence-corrected chi connectivity index (χ2v) is 9.50. The number of fused-ring (bicyclic) bond motifs is 1. The second kappa shape index (κ2) is 9.69. The molecular weight excluding hydrogens is 619 g/mol. The first kappa shape index (κ1) is 25.9. The number of carboxylic acids is 1. The maximum atomic E-state index is 15.0. The van der Waals surface area contributed by atoms with Crippen molar-refractivity contribution in [3.63, 3.8) is 0 Å². The molecule has 186 valence electrons. The van der Waals surface area contributed by atoms with Gasteiger partial charge in [-0.25, -0.2) is 9.18 Å². The lowest BCUT2D eigenvalue weighted by Crippen LogP contribution is -2.44. The van der Waals surface area contributed by atoms with Crippen molar-refractivity contribution in [2.75, 3.05) is 5.32 Å². The normalized spacial score (nSPS) is 16.7. The molecule has 2 unspecified atom stereocenters. The molecule has 0 spiro atoms. The molecule has 3 aromatic carbocycles. The Morgan fingerprint density at radius 1 is 1.06 bits per heavy atom. The minimum absolute atomic E-state index is 0.0646. The van der Waals surface area contributed by atoms with E-state index in [9.17, 15) is 37.1 Å². The van der Waals surface area contributed by atoms with E-state index in [2.05, 4.69) is 5.32 Å². The molecule has 0 aliphatic carbocycles. The average Bonchev–Trinajstić information content (AvgIpc) is 2.89. The quantitative estimate of drug-likeness (QED) is 0.270. The van der Waals surface area contributed by atoms with Crippen LogP contribution >= 0.6 is 34.2 Å². The van der Waals surface area contributed by atoms with Crippen LogP contribution in [0.15, 0.2) is 60.7 Å². The number of carbonyl (C=O) groups excluding carboxylic acids is 2. The van der Waals surface area contributed by atoms with Gasteiger partial charge < -0.3 is 15.3 Å². The highest BCUT2D eigenvalue weighted by atomic mass is 127. The Hall–Kier alpha value is -3.19. The van der Waals surface area contributed by atoms with Crippen LogP contribution in [0.5, 0.6) is 0 Å². The molecule has 3 aromatic rings. The average molecular weight is 633 g/mol. The zero-order valence-electron chi connectivity index (χ0n) is 17.8. The summed E-state index contributed by atoms with van der Waals surface area (Å²) in [6, 6.07) is 7.73. The largest absolute Gasteiger partial charge is 0.479 e.